The molecular formula is C14H21NO2. The van der Waals surface area contributed by atoms with Crippen LogP contribution in [0.1, 0.15) is 26.3 Å². The molecule has 0 saturated carbocycles. The fourth-order valence-electron chi connectivity index (χ4n) is 1.76. The first-order valence-corrected chi connectivity index (χ1v) is 6.25. The van der Waals surface area contributed by atoms with Crippen LogP contribution in [-0.4, -0.2) is 30.2 Å². The van der Waals surface area contributed by atoms with Crippen molar-refractivity contribution in [3.8, 4) is 0 Å². The number of nitrogens with zero attached hydrogens (tertiary/aromatic N) is 1. The minimum Gasteiger partial charge on any atom is -0.445 e. The number of hydrogen-bond donors (Lipinski definition) is 0. The zero-order chi connectivity index (χ0) is 12.7. The molecule has 94 valence electrons. The number of ether oxygens (including phenoxy) is 1. The molecule has 3 nitrogen and oxygen atoms in total. The lowest BCUT2D eigenvalue weighted by Crippen LogP contribution is -2.27. The normalized spacial score (nSPS) is 18.4. The van der Waals surface area contributed by atoms with Crippen molar-refractivity contribution in [2.45, 2.75) is 33.3 Å². The first kappa shape index (κ1) is 13.6. The molecular weight excluding hydrogens is 214 g/mol. The van der Waals surface area contributed by atoms with Gasteiger partial charge >= 0.3 is 6.09 Å². The molecule has 0 radical (unpaired) electrons. The highest BCUT2D eigenvalue weighted by Gasteiger charge is 2.27. The van der Waals surface area contributed by atoms with Gasteiger partial charge in [-0.15, -0.1) is 0 Å². The largest absolute Gasteiger partial charge is 0.445 e. The van der Waals surface area contributed by atoms with Crippen LogP contribution < -0.4 is 0 Å². The van der Waals surface area contributed by atoms with Crippen LogP contribution in [0.4, 0.5) is 4.79 Å². The van der Waals surface area contributed by atoms with Gasteiger partial charge in [0.05, 0.1) is 6.54 Å². The Kier molecular flexibility index (Phi) is 5.53. The molecule has 0 aromatic heterocycles. The van der Waals surface area contributed by atoms with Crippen LogP contribution in [0.25, 0.3) is 0 Å². The van der Waals surface area contributed by atoms with Gasteiger partial charge in [0.25, 0.3) is 0 Å². The molecule has 0 spiro atoms. The predicted molar refractivity (Wildman–Crippen MR) is 69.0 cm³/mol. The number of cyclic esters (lactones) is 1. The van der Waals surface area contributed by atoms with Crippen molar-refractivity contribution in [2.75, 3.05) is 13.1 Å². The summed E-state index contributed by atoms with van der Waals surface area (Å²) in [6.07, 6.45) is 0.745. The van der Waals surface area contributed by atoms with Gasteiger partial charge in [-0.1, -0.05) is 44.2 Å². The van der Waals surface area contributed by atoms with Crippen LogP contribution >= 0.6 is 0 Å². The summed E-state index contributed by atoms with van der Waals surface area (Å²) in [4.78, 5) is 13.1. The lowest BCUT2D eigenvalue weighted by atomic mass is 10.1. The highest BCUT2D eigenvalue weighted by molar-refractivity contribution is 5.69. The third-order valence-electron chi connectivity index (χ3n) is 2.55. The van der Waals surface area contributed by atoms with Crippen molar-refractivity contribution in [2.24, 2.45) is 0 Å². The Morgan fingerprint density at radius 1 is 1.29 bits per heavy atom. The van der Waals surface area contributed by atoms with E-state index in [1.165, 1.54) is 5.56 Å². The molecule has 1 aromatic carbocycles. The quantitative estimate of drug-likeness (QED) is 0.805. The summed E-state index contributed by atoms with van der Waals surface area (Å²) in [5.41, 5.74) is 1.25. The van der Waals surface area contributed by atoms with Gasteiger partial charge in [-0.3, -0.25) is 0 Å². The van der Waals surface area contributed by atoms with Crippen molar-refractivity contribution in [1.82, 2.24) is 4.90 Å². The average Bonchev–Trinajstić information content (AvgIpc) is 2.69. The molecule has 17 heavy (non-hydrogen) atoms. The third kappa shape index (κ3) is 4.10. The number of carbonyl (C=O) groups is 1. The van der Waals surface area contributed by atoms with Crippen molar-refractivity contribution in [3.63, 3.8) is 0 Å². The Hall–Kier alpha value is -1.51. The van der Waals surface area contributed by atoms with Crippen LogP contribution in [-0.2, 0) is 11.2 Å². The van der Waals surface area contributed by atoms with E-state index in [2.05, 4.69) is 12.1 Å². The van der Waals surface area contributed by atoms with Gasteiger partial charge in [-0.2, -0.15) is 0 Å². The van der Waals surface area contributed by atoms with Gasteiger partial charge < -0.3 is 9.64 Å². The zero-order valence-corrected chi connectivity index (χ0v) is 10.8. The fourth-order valence-corrected chi connectivity index (χ4v) is 1.76. The fraction of sp³-hybridized carbons (Fsp3) is 0.500. The summed E-state index contributed by atoms with van der Waals surface area (Å²) < 4.78 is 5.05. The summed E-state index contributed by atoms with van der Waals surface area (Å²) in [5, 5.41) is 0. The van der Waals surface area contributed by atoms with E-state index < -0.39 is 0 Å². The minimum absolute atomic E-state index is 0.0354. The van der Waals surface area contributed by atoms with Gasteiger partial charge in [0.2, 0.25) is 0 Å². The van der Waals surface area contributed by atoms with E-state index in [9.17, 15) is 4.79 Å². The van der Waals surface area contributed by atoms with E-state index in [1.54, 1.807) is 4.90 Å². The number of rotatable bonds is 3. The summed E-state index contributed by atoms with van der Waals surface area (Å²) in [7, 11) is 0. The standard InChI is InChI=1S/C12H15NO2.C2H6/c1-10-9-13(12(14)15-10)8-7-11-5-3-2-4-6-11;1-2/h2-6,10H,7-9H2,1H3;1-2H3. The molecule has 0 N–H and O–H groups in total. The number of hydrogen-bond acceptors (Lipinski definition) is 2. The topological polar surface area (TPSA) is 29.5 Å². The Morgan fingerprint density at radius 3 is 2.47 bits per heavy atom. The third-order valence-corrected chi connectivity index (χ3v) is 2.55. The molecule has 2 rings (SSSR count). The van der Waals surface area contributed by atoms with Crippen molar-refractivity contribution in [1.29, 1.82) is 0 Å². The van der Waals surface area contributed by atoms with Crippen molar-refractivity contribution in [3.05, 3.63) is 35.9 Å². The zero-order valence-electron chi connectivity index (χ0n) is 10.8. The Morgan fingerprint density at radius 2 is 1.94 bits per heavy atom. The van der Waals surface area contributed by atoms with Crippen LogP contribution in [0.2, 0.25) is 0 Å². The van der Waals surface area contributed by atoms with Crippen LogP contribution in [0.5, 0.6) is 0 Å². The van der Waals surface area contributed by atoms with Gasteiger partial charge in [0, 0.05) is 6.54 Å². The molecule has 3 heteroatoms. The Balaban J connectivity index is 0.000000686. The van der Waals surface area contributed by atoms with Crippen LogP contribution in [0.15, 0.2) is 30.3 Å². The van der Waals surface area contributed by atoms with E-state index >= 15 is 0 Å². The lowest BCUT2D eigenvalue weighted by molar-refractivity contribution is 0.138. The van der Waals surface area contributed by atoms with Crippen molar-refractivity contribution >= 4 is 6.09 Å². The van der Waals surface area contributed by atoms with E-state index in [0.717, 1.165) is 13.0 Å². The minimum atomic E-state index is -0.182. The molecule has 0 bridgehead atoms. The summed E-state index contributed by atoms with van der Waals surface area (Å²) in [5.74, 6) is 0. The highest BCUT2D eigenvalue weighted by atomic mass is 16.6. The molecule has 1 heterocycles. The van der Waals surface area contributed by atoms with Crippen LogP contribution in [0, 0.1) is 0 Å². The molecule has 0 aliphatic carbocycles. The predicted octanol–water partition coefficient (Wildman–Crippen LogP) is 3.10. The second-order valence-corrected chi connectivity index (χ2v) is 3.88. The summed E-state index contributed by atoms with van der Waals surface area (Å²) in [6.45, 7) is 7.37. The molecule has 1 amide bonds. The molecule has 1 aromatic rings. The van der Waals surface area contributed by atoms with E-state index in [4.69, 9.17) is 4.74 Å². The number of benzene rings is 1. The van der Waals surface area contributed by atoms with Gasteiger partial charge in [0.15, 0.2) is 0 Å². The monoisotopic (exact) mass is 235 g/mol. The number of carbonyl (C=O) groups excluding carboxylic acids is 1. The van der Waals surface area contributed by atoms with Gasteiger partial charge in [-0.05, 0) is 18.9 Å². The molecule has 1 aliphatic heterocycles. The molecule has 1 saturated heterocycles. The Bertz CT molecular complexity index is 337. The van der Waals surface area contributed by atoms with Gasteiger partial charge in [0.1, 0.15) is 6.10 Å². The lowest BCUT2D eigenvalue weighted by Gasteiger charge is -2.11. The highest BCUT2D eigenvalue weighted by Crippen LogP contribution is 2.11. The maximum atomic E-state index is 11.3. The second kappa shape index (κ2) is 6.94. The van der Waals surface area contributed by atoms with E-state index in [-0.39, 0.29) is 12.2 Å². The molecule has 1 atom stereocenters. The first-order valence-electron chi connectivity index (χ1n) is 6.25. The maximum Gasteiger partial charge on any atom is 0.410 e. The number of amides is 1. The van der Waals surface area contributed by atoms with Crippen molar-refractivity contribution < 1.29 is 9.53 Å². The Labute approximate surface area is 103 Å². The smallest absolute Gasteiger partial charge is 0.410 e. The van der Waals surface area contributed by atoms with E-state index in [1.807, 2.05) is 39.0 Å². The molecule has 1 fully saturated rings. The first-order chi connectivity index (χ1) is 8.25. The van der Waals surface area contributed by atoms with E-state index in [0.29, 0.717) is 6.54 Å². The molecule has 1 aliphatic rings. The molecule has 1 unspecified atom stereocenters. The average molecular weight is 235 g/mol. The summed E-state index contributed by atoms with van der Waals surface area (Å²) >= 11 is 0. The SMILES string of the molecule is CC.CC1CN(CCc2ccccc2)C(=O)O1. The van der Waals surface area contributed by atoms with Crippen LogP contribution in [0.3, 0.4) is 0 Å². The second-order valence-electron chi connectivity index (χ2n) is 3.88. The maximum absolute atomic E-state index is 11.3. The van der Waals surface area contributed by atoms with Gasteiger partial charge in [-0.25, -0.2) is 4.79 Å². The summed E-state index contributed by atoms with van der Waals surface area (Å²) in [6, 6.07) is 10.2.